The first kappa shape index (κ1) is 15.4. The van der Waals surface area contributed by atoms with Gasteiger partial charge < -0.3 is 15.6 Å². The summed E-state index contributed by atoms with van der Waals surface area (Å²) in [4.78, 5) is 28.0. The summed E-state index contributed by atoms with van der Waals surface area (Å²) in [6, 6.07) is 2.96. The molecule has 0 aliphatic carbocycles. The Balaban J connectivity index is 2.93. The summed E-state index contributed by atoms with van der Waals surface area (Å²) in [5.41, 5.74) is 5.75. The van der Waals surface area contributed by atoms with Crippen molar-refractivity contribution in [2.24, 2.45) is 11.1 Å². The van der Waals surface area contributed by atoms with E-state index in [-0.39, 0.29) is 16.9 Å². The molecule has 1 rings (SSSR count). The average molecular weight is 265 g/mol. The molecule has 0 aromatic carbocycles. The van der Waals surface area contributed by atoms with Gasteiger partial charge >= 0.3 is 0 Å². The molecule has 0 saturated carbocycles. The highest BCUT2D eigenvalue weighted by molar-refractivity contribution is 5.94. The molecule has 106 valence electrons. The molecule has 1 heterocycles. The highest BCUT2D eigenvalue weighted by atomic mass is 16.2. The van der Waals surface area contributed by atoms with Gasteiger partial charge in [0.15, 0.2) is 0 Å². The third-order valence-corrected chi connectivity index (χ3v) is 2.97. The van der Waals surface area contributed by atoms with Gasteiger partial charge in [-0.2, -0.15) is 0 Å². The fraction of sp³-hybridized carbons (Fsp3) is 0.571. The van der Waals surface area contributed by atoms with Gasteiger partial charge in [-0.15, -0.1) is 0 Å². The van der Waals surface area contributed by atoms with Gasteiger partial charge in [-0.1, -0.05) is 20.8 Å². The van der Waals surface area contributed by atoms with E-state index in [1.165, 1.54) is 12.3 Å². The number of rotatable bonds is 6. The van der Waals surface area contributed by atoms with Crippen LogP contribution in [0.1, 0.15) is 37.6 Å². The molecule has 5 nitrogen and oxygen atoms in total. The van der Waals surface area contributed by atoms with Crippen LogP contribution in [0, 0.1) is 5.41 Å². The Kier molecular flexibility index (Phi) is 5.30. The standard InChI is InChI=1S/C14H23N3O2/c1-4-7-17(10-14(2,3)9-15)13(19)11-5-6-16-12(18)8-11/h5-6,8H,4,7,9-10,15H2,1-3H3,(H,16,18). The second-order valence-electron chi connectivity index (χ2n) is 5.54. The van der Waals surface area contributed by atoms with Crippen molar-refractivity contribution in [2.45, 2.75) is 27.2 Å². The summed E-state index contributed by atoms with van der Waals surface area (Å²) in [6.07, 6.45) is 2.36. The van der Waals surface area contributed by atoms with Crippen molar-refractivity contribution in [2.75, 3.05) is 19.6 Å². The fourth-order valence-electron chi connectivity index (χ4n) is 1.86. The molecule has 0 aliphatic rings. The van der Waals surface area contributed by atoms with Gasteiger partial charge in [0, 0.05) is 30.9 Å². The number of hydrogen-bond acceptors (Lipinski definition) is 3. The third kappa shape index (κ3) is 4.52. The lowest BCUT2D eigenvalue weighted by Gasteiger charge is -2.31. The van der Waals surface area contributed by atoms with E-state index in [2.05, 4.69) is 4.98 Å². The summed E-state index contributed by atoms with van der Waals surface area (Å²) in [5.74, 6) is -0.116. The topological polar surface area (TPSA) is 79.2 Å². The molecule has 0 fully saturated rings. The number of nitrogens with two attached hydrogens (primary N) is 1. The van der Waals surface area contributed by atoms with E-state index in [0.29, 0.717) is 25.2 Å². The number of hydrogen-bond donors (Lipinski definition) is 2. The van der Waals surface area contributed by atoms with Gasteiger partial charge in [0.1, 0.15) is 0 Å². The molecule has 19 heavy (non-hydrogen) atoms. The van der Waals surface area contributed by atoms with Crippen molar-refractivity contribution < 1.29 is 4.79 Å². The van der Waals surface area contributed by atoms with Gasteiger partial charge in [0.05, 0.1) is 0 Å². The lowest BCUT2D eigenvalue weighted by Crippen LogP contribution is -2.42. The van der Waals surface area contributed by atoms with Crippen molar-refractivity contribution >= 4 is 5.91 Å². The maximum Gasteiger partial charge on any atom is 0.254 e. The van der Waals surface area contributed by atoms with Crippen LogP contribution in [0.5, 0.6) is 0 Å². The van der Waals surface area contributed by atoms with Gasteiger partial charge in [-0.25, -0.2) is 0 Å². The summed E-state index contributed by atoms with van der Waals surface area (Å²) in [5, 5.41) is 0. The van der Waals surface area contributed by atoms with Crippen LogP contribution in [0.2, 0.25) is 0 Å². The van der Waals surface area contributed by atoms with Crippen molar-refractivity contribution in [1.82, 2.24) is 9.88 Å². The highest BCUT2D eigenvalue weighted by Crippen LogP contribution is 2.16. The lowest BCUT2D eigenvalue weighted by molar-refractivity contribution is 0.0689. The Labute approximate surface area is 113 Å². The van der Waals surface area contributed by atoms with E-state index >= 15 is 0 Å². The second kappa shape index (κ2) is 6.52. The monoisotopic (exact) mass is 265 g/mol. The summed E-state index contributed by atoms with van der Waals surface area (Å²) in [6.45, 7) is 7.84. The number of nitrogens with zero attached hydrogens (tertiary/aromatic N) is 1. The molecule has 5 heteroatoms. The van der Waals surface area contributed by atoms with E-state index in [0.717, 1.165) is 6.42 Å². The van der Waals surface area contributed by atoms with Gasteiger partial charge in [0.25, 0.3) is 5.91 Å². The Morgan fingerprint density at radius 3 is 2.68 bits per heavy atom. The van der Waals surface area contributed by atoms with E-state index in [9.17, 15) is 9.59 Å². The molecular formula is C14H23N3O2. The van der Waals surface area contributed by atoms with Crippen LogP contribution in [0.3, 0.4) is 0 Å². The minimum absolute atomic E-state index is 0.116. The zero-order valence-electron chi connectivity index (χ0n) is 11.9. The van der Waals surface area contributed by atoms with Crippen LogP contribution in [-0.4, -0.2) is 35.4 Å². The van der Waals surface area contributed by atoms with E-state index in [1.807, 2.05) is 20.8 Å². The third-order valence-electron chi connectivity index (χ3n) is 2.97. The SMILES string of the molecule is CCCN(CC(C)(C)CN)C(=O)c1cc[nH]c(=O)c1. The largest absolute Gasteiger partial charge is 0.338 e. The molecule has 0 saturated heterocycles. The van der Waals surface area contributed by atoms with Crippen LogP contribution in [0.25, 0.3) is 0 Å². The molecule has 1 aromatic heterocycles. The fourth-order valence-corrected chi connectivity index (χ4v) is 1.86. The molecular weight excluding hydrogens is 242 g/mol. The number of aromatic nitrogens is 1. The zero-order valence-corrected chi connectivity index (χ0v) is 11.9. The van der Waals surface area contributed by atoms with Crippen LogP contribution >= 0.6 is 0 Å². The number of carbonyl (C=O) groups is 1. The predicted octanol–water partition coefficient (Wildman–Crippen LogP) is 1.21. The average Bonchev–Trinajstić information content (AvgIpc) is 2.37. The van der Waals surface area contributed by atoms with Crippen molar-refractivity contribution in [1.29, 1.82) is 0 Å². The smallest absolute Gasteiger partial charge is 0.254 e. The van der Waals surface area contributed by atoms with Crippen molar-refractivity contribution in [3.8, 4) is 0 Å². The van der Waals surface area contributed by atoms with Gasteiger partial charge in [-0.05, 0) is 24.4 Å². The Morgan fingerprint density at radius 2 is 2.16 bits per heavy atom. The van der Waals surface area contributed by atoms with Crippen molar-refractivity contribution in [3.63, 3.8) is 0 Å². The van der Waals surface area contributed by atoms with Crippen molar-refractivity contribution in [3.05, 3.63) is 34.2 Å². The number of pyridine rings is 1. The Hall–Kier alpha value is -1.62. The van der Waals surface area contributed by atoms with Gasteiger partial charge in [-0.3, -0.25) is 9.59 Å². The molecule has 0 radical (unpaired) electrons. The summed E-state index contributed by atoms with van der Waals surface area (Å²) >= 11 is 0. The predicted molar refractivity (Wildman–Crippen MR) is 76.1 cm³/mol. The Morgan fingerprint density at radius 1 is 1.47 bits per heavy atom. The van der Waals surface area contributed by atoms with Gasteiger partial charge in [0.2, 0.25) is 5.56 Å². The lowest BCUT2D eigenvalue weighted by atomic mass is 9.92. The number of H-pyrrole nitrogens is 1. The summed E-state index contributed by atoms with van der Waals surface area (Å²) in [7, 11) is 0. The molecule has 3 N–H and O–H groups in total. The quantitative estimate of drug-likeness (QED) is 0.811. The summed E-state index contributed by atoms with van der Waals surface area (Å²) < 4.78 is 0. The molecule has 0 aliphatic heterocycles. The van der Waals surface area contributed by atoms with Crippen LogP contribution in [0.4, 0.5) is 0 Å². The number of nitrogens with one attached hydrogen (secondary N) is 1. The first-order valence-corrected chi connectivity index (χ1v) is 6.57. The molecule has 1 amide bonds. The molecule has 1 aromatic rings. The Bertz CT molecular complexity index is 480. The molecule has 0 atom stereocenters. The number of carbonyl (C=O) groups excluding carboxylic acids is 1. The highest BCUT2D eigenvalue weighted by Gasteiger charge is 2.24. The van der Waals surface area contributed by atoms with E-state index < -0.39 is 0 Å². The normalized spacial score (nSPS) is 11.4. The van der Waals surface area contributed by atoms with Crippen LogP contribution < -0.4 is 11.3 Å². The molecule has 0 unspecified atom stereocenters. The minimum Gasteiger partial charge on any atom is -0.338 e. The maximum absolute atomic E-state index is 12.4. The zero-order chi connectivity index (χ0) is 14.5. The van der Waals surface area contributed by atoms with E-state index in [4.69, 9.17) is 5.73 Å². The first-order chi connectivity index (χ1) is 8.89. The van der Waals surface area contributed by atoms with Crippen LogP contribution in [0.15, 0.2) is 23.1 Å². The molecule has 0 spiro atoms. The second-order valence-corrected chi connectivity index (χ2v) is 5.54. The minimum atomic E-state index is -0.264. The van der Waals surface area contributed by atoms with Crippen LogP contribution in [-0.2, 0) is 0 Å². The molecule has 0 bridgehead atoms. The maximum atomic E-state index is 12.4. The number of aromatic amines is 1. The first-order valence-electron chi connectivity index (χ1n) is 6.57. The van der Waals surface area contributed by atoms with E-state index in [1.54, 1.807) is 11.0 Å². The number of amides is 1.